The van der Waals surface area contributed by atoms with Gasteiger partial charge in [-0.2, -0.15) is 0 Å². The van der Waals surface area contributed by atoms with Crippen molar-refractivity contribution < 1.29 is 14.3 Å². The van der Waals surface area contributed by atoms with Gasteiger partial charge in [0.15, 0.2) is 0 Å². The second kappa shape index (κ2) is 5.04. The van der Waals surface area contributed by atoms with Crippen LogP contribution in [0.25, 0.3) is 0 Å². The molecule has 0 spiro atoms. The van der Waals surface area contributed by atoms with E-state index in [0.717, 1.165) is 5.56 Å². The first-order chi connectivity index (χ1) is 8.58. The van der Waals surface area contributed by atoms with E-state index in [4.69, 9.17) is 4.74 Å². The minimum Gasteiger partial charge on any atom is -0.428 e. The minimum absolute atomic E-state index is 0.160. The topological polar surface area (TPSA) is 46.6 Å². The van der Waals surface area contributed by atoms with Crippen LogP contribution < -0.4 is 0 Å². The number of hydrogen-bond acceptors (Lipinski definition) is 3. The van der Waals surface area contributed by atoms with Crippen molar-refractivity contribution >= 4 is 11.9 Å². The molecule has 1 aromatic carbocycles. The van der Waals surface area contributed by atoms with Crippen molar-refractivity contribution in [3.05, 3.63) is 47.9 Å². The zero-order valence-corrected chi connectivity index (χ0v) is 10.4. The number of allylic oxidation sites excluding steroid dienone is 1. The summed E-state index contributed by atoms with van der Waals surface area (Å²) in [7, 11) is 0. The van der Waals surface area contributed by atoms with Crippen LogP contribution in [0.1, 0.15) is 19.4 Å². The molecule has 94 valence electrons. The van der Waals surface area contributed by atoms with Gasteiger partial charge in [0, 0.05) is 19.5 Å². The number of cyclic esters (lactones) is 1. The summed E-state index contributed by atoms with van der Waals surface area (Å²) >= 11 is 0. The van der Waals surface area contributed by atoms with Gasteiger partial charge in [-0.05, 0) is 12.5 Å². The first-order valence-electron chi connectivity index (χ1n) is 5.81. The Morgan fingerprint density at radius 3 is 2.61 bits per heavy atom. The Hall–Kier alpha value is -2.10. The second-order valence-electron chi connectivity index (χ2n) is 4.29. The van der Waals surface area contributed by atoms with Crippen LogP contribution in [0.5, 0.6) is 0 Å². The molecule has 1 amide bonds. The predicted octanol–water partition coefficient (Wildman–Crippen LogP) is 1.86. The van der Waals surface area contributed by atoms with Gasteiger partial charge in [0.05, 0.1) is 0 Å². The lowest BCUT2D eigenvalue weighted by molar-refractivity contribution is -0.152. The fourth-order valence-electron chi connectivity index (χ4n) is 1.98. The highest BCUT2D eigenvalue weighted by Gasteiger charge is 2.32. The minimum atomic E-state index is -0.575. The number of ether oxygens (including phenoxy) is 1. The van der Waals surface area contributed by atoms with Gasteiger partial charge >= 0.3 is 5.97 Å². The van der Waals surface area contributed by atoms with Gasteiger partial charge in [-0.15, -0.1) is 0 Å². The molecule has 2 rings (SSSR count). The van der Waals surface area contributed by atoms with E-state index < -0.39 is 6.04 Å². The first kappa shape index (κ1) is 12.4. The average Bonchev–Trinajstić information content (AvgIpc) is 2.33. The number of hydrogen-bond donors (Lipinski definition) is 0. The third-order valence-electron chi connectivity index (χ3n) is 2.83. The van der Waals surface area contributed by atoms with Gasteiger partial charge in [0.25, 0.3) is 0 Å². The van der Waals surface area contributed by atoms with Crippen molar-refractivity contribution in [2.24, 2.45) is 0 Å². The maximum absolute atomic E-state index is 11.9. The van der Waals surface area contributed by atoms with Crippen LogP contribution in [-0.4, -0.2) is 22.8 Å². The largest absolute Gasteiger partial charge is 0.428 e. The Bertz CT molecular complexity index is 493. The van der Waals surface area contributed by atoms with Crippen molar-refractivity contribution in [3.63, 3.8) is 0 Å². The number of amides is 1. The molecule has 1 unspecified atom stereocenters. The summed E-state index contributed by atoms with van der Waals surface area (Å²) in [5, 5.41) is 0. The summed E-state index contributed by atoms with van der Waals surface area (Å²) in [4.78, 5) is 24.9. The lowest BCUT2D eigenvalue weighted by Crippen LogP contribution is -2.45. The molecule has 0 aliphatic carbocycles. The summed E-state index contributed by atoms with van der Waals surface area (Å²) in [5.74, 6) is -0.0968. The van der Waals surface area contributed by atoms with Crippen molar-refractivity contribution in [3.8, 4) is 0 Å². The molecule has 4 nitrogen and oxygen atoms in total. The Kier molecular flexibility index (Phi) is 3.46. The smallest absolute Gasteiger partial charge is 0.334 e. The third-order valence-corrected chi connectivity index (χ3v) is 2.83. The molecule has 1 aliphatic rings. The van der Waals surface area contributed by atoms with Crippen molar-refractivity contribution in [1.82, 2.24) is 4.90 Å². The van der Waals surface area contributed by atoms with Gasteiger partial charge in [-0.25, -0.2) is 4.79 Å². The highest BCUT2D eigenvalue weighted by Crippen LogP contribution is 2.18. The molecule has 0 aromatic heterocycles. The molecule has 0 fully saturated rings. The number of esters is 1. The van der Waals surface area contributed by atoms with E-state index in [9.17, 15) is 9.59 Å². The van der Waals surface area contributed by atoms with Crippen molar-refractivity contribution in [1.29, 1.82) is 0 Å². The van der Waals surface area contributed by atoms with Crippen molar-refractivity contribution in [2.45, 2.75) is 26.3 Å². The molecule has 0 saturated heterocycles. The van der Waals surface area contributed by atoms with Crippen LogP contribution in [-0.2, 0) is 20.7 Å². The van der Waals surface area contributed by atoms with Crippen LogP contribution in [0.2, 0.25) is 0 Å². The van der Waals surface area contributed by atoms with E-state index in [-0.39, 0.29) is 11.9 Å². The Morgan fingerprint density at radius 1 is 1.33 bits per heavy atom. The molecule has 1 atom stereocenters. The molecular formula is C14H15NO3. The number of carbonyl (C=O) groups excluding carboxylic acids is 2. The van der Waals surface area contributed by atoms with E-state index in [2.05, 4.69) is 0 Å². The molecule has 4 heteroatoms. The van der Waals surface area contributed by atoms with Gasteiger partial charge in [-0.3, -0.25) is 4.79 Å². The highest BCUT2D eigenvalue weighted by atomic mass is 16.5. The van der Waals surface area contributed by atoms with Crippen LogP contribution >= 0.6 is 0 Å². The highest BCUT2D eigenvalue weighted by molar-refractivity contribution is 5.86. The Balaban J connectivity index is 2.24. The number of benzene rings is 1. The molecule has 0 N–H and O–H groups in total. The van der Waals surface area contributed by atoms with Gasteiger partial charge < -0.3 is 9.64 Å². The maximum atomic E-state index is 11.9. The van der Waals surface area contributed by atoms with Crippen molar-refractivity contribution in [2.75, 3.05) is 0 Å². The first-order valence-corrected chi connectivity index (χ1v) is 5.81. The zero-order valence-electron chi connectivity index (χ0n) is 10.4. The van der Waals surface area contributed by atoms with Crippen LogP contribution in [0.15, 0.2) is 42.3 Å². The number of carbonyl (C=O) groups is 2. The molecule has 1 aliphatic heterocycles. The Morgan fingerprint density at radius 2 is 2.00 bits per heavy atom. The Labute approximate surface area is 106 Å². The lowest BCUT2D eigenvalue weighted by Gasteiger charge is -2.30. The molecule has 1 aromatic rings. The zero-order chi connectivity index (χ0) is 13.1. The summed E-state index contributed by atoms with van der Waals surface area (Å²) in [5.41, 5.74) is 0.999. The molecular weight excluding hydrogens is 230 g/mol. The van der Waals surface area contributed by atoms with E-state index in [1.165, 1.54) is 11.8 Å². The molecule has 18 heavy (non-hydrogen) atoms. The summed E-state index contributed by atoms with van der Waals surface area (Å²) < 4.78 is 5.08. The van der Waals surface area contributed by atoms with E-state index >= 15 is 0 Å². The third kappa shape index (κ3) is 2.59. The molecule has 0 bridgehead atoms. The SMILES string of the molecule is CC(=O)N1C=C(C)OC(=O)C1Cc1ccccc1. The summed E-state index contributed by atoms with van der Waals surface area (Å²) in [6.45, 7) is 3.10. The number of rotatable bonds is 2. The maximum Gasteiger partial charge on any atom is 0.334 e. The molecule has 0 radical (unpaired) electrons. The van der Waals surface area contributed by atoms with Crippen LogP contribution in [0.3, 0.4) is 0 Å². The fourth-order valence-corrected chi connectivity index (χ4v) is 1.98. The van der Waals surface area contributed by atoms with E-state index in [1.54, 1.807) is 13.1 Å². The lowest BCUT2D eigenvalue weighted by atomic mass is 10.0. The van der Waals surface area contributed by atoms with Gasteiger partial charge in [-0.1, -0.05) is 30.3 Å². The van der Waals surface area contributed by atoms with Gasteiger partial charge in [0.1, 0.15) is 11.8 Å². The standard InChI is InChI=1S/C14H15NO3/c1-10-9-15(11(2)16)13(14(17)18-10)8-12-6-4-3-5-7-12/h3-7,9,13H,8H2,1-2H3. The fraction of sp³-hybridized carbons (Fsp3) is 0.286. The van der Waals surface area contributed by atoms with Gasteiger partial charge in [0.2, 0.25) is 5.91 Å². The van der Waals surface area contributed by atoms with E-state index in [0.29, 0.717) is 12.2 Å². The molecule has 1 heterocycles. The predicted molar refractivity (Wildman–Crippen MR) is 66.3 cm³/mol. The normalized spacial score (nSPS) is 19.2. The average molecular weight is 245 g/mol. The molecule has 0 saturated carbocycles. The van der Waals surface area contributed by atoms with E-state index in [1.807, 2.05) is 30.3 Å². The summed E-state index contributed by atoms with van der Waals surface area (Å²) in [6, 6.07) is 9.00. The second-order valence-corrected chi connectivity index (χ2v) is 4.29. The van der Waals surface area contributed by atoms with Crippen LogP contribution in [0.4, 0.5) is 0 Å². The monoisotopic (exact) mass is 245 g/mol. The quantitative estimate of drug-likeness (QED) is 0.747. The van der Waals surface area contributed by atoms with Crippen LogP contribution in [0, 0.1) is 0 Å². The number of nitrogens with zero attached hydrogens (tertiary/aromatic N) is 1. The summed E-state index contributed by atoms with van der Waals surface area (Å²) in [6.07, 6.45) is 2.04.